The van der Waals surface area contributed by atoms with Gasteiger partial charge in [-0.15, -0.1) is 0 Å². The second-order valence-electron chi connectivity index (χ2n) is 4.66. The fourth-order valence-corrected chi connectivity index (χ4v) is 1.97. The van der Waals surface area contributed by atoms with Crippen molar-refractivity contribution in [2.75, 3.05) is 11.4 Å². The summed E-state index contributed by atoms with van der Waals surface area (Å²) in [6.45, 7) is 2.43. The first-order valence-corrected chi connectivity index (χ1v) is 6.85. The van der Waals surface area contributed by atoms with Gasteiger partial charge in [0.25, 0.3) is 5.56 Å². The van der Waals surface area contributed by atoms with Crippen LogP contribution in [0.5, 0.6) is 0 Å². The molecule has 6 nitrogen and oxygen atoms in total. The van der Waals surface area contributed by atoms with Gasteiger partial charge in [0.1, 0.15) is 0 Å². The maximum atomic E-state index is 11.8. The van der Waals surface area contributed by atoms with Crippen molar-refractivity contribution in [3.8, 4) is 11.3 Å². The molecule has 1 aromatic heterocycles. The standard InChI is InChI=1S/C15H18N4O2/c1-2-3-9-19(14(16)21)15-17-12(10-13(20)18-15)11-7-5-4-6-8-11/h4-8,10H,2-3,9H2,1H3,(H2,16,21)(H,17,18,20). The summed E-state index contributed by atoms with van der Waals surface area (Å²) in [6.07, 6.45) is 1.69. The van der Waals surface area contributed by atoms with Crippen molar-refractivity contribution >= 4 is 12.0 Å². The van der Waals surface area contributed by atoms with Crippen LogP contribution in [-0.4, -0.2) is 22.5 Å². The van der Waals surface area contributed by atoms with Gasteiger partial charge in [0.15, 0.2) is 0 Å². The number of rotatable bonds is 5. The Kier molecular flexibility index (Phi) is 4.71. The third-order valence-electron chi connectivity index (χ3n) is 3.06. The molecule has 110 valence electrons. The fourth-order valence-electron chi connectivity index (χ4n) is 1.97. The Labute approximate surface area is 122 Å². The van der Waals surface area contributed by atoms with Crippen LogP contribution in [0.15, 0.2) is 41.2 Å². The van der Waals surface area contributed by atoms with E-state index >= 15 is 0 Å². The molecule has 0 saturated heterocycles. The molecule has 0 spiro atoms. The summed E-state index contributed by atoms with van der Waals surface area (Å²) < 4.78 is 0. The molecule has 0 unspecified atom stereocenters. The molecular formula is C15H18N4O2. The Morgan fingerprint density at radius 1 is 1.33 bits per heavy atom. The topological polar surface area (TPSA) is 92.1 Å². The molecule has 3 N–H and O–H groups in total. The Bertz CT molecular complexity index is 667. The number of primary amides is 1. The number of amides is 2. The number of aromatic nitrogens is 2. The average molecular weight is 286 g/mol. The Hall–Kier alpha value is -2.63. The summed E-state index contributed by atoms with van der Waals surface area (Å²) in [5.41, 5.74) is 6.38. The molecule has 0 radical (unpaired) electrons. The van der Waals surface area contributed by atoms with E-state index in [1.807, 2.05) is 37.3 Å². The summed E-state index contributed by atoms with van der Waals surface area (Å²) in [5, 5.41) is 0. The van der Waals surface area contributed by atoms with Crippen LogP contribution in [0, 0.1) is 0 Å². The van der Waals surface area contributed by atoms with Gasteiger partial charge in [0, 0.05) is 18.2 Å². The molecule has 2 rings (SSSR count). The molecule has 0 aliphatic heterocycles. The minimum absolute atomic E-state index is 0.183. The molecule has 1 heterocycles. The highest BCUT2D eigenvalue weighted by Gasteiger charge is 2.15. The number of nitrogens with one attached hydrogen (secondary N) is 1. The van der Waals surface area contributed by atoms with Crippen LogP contribution in [0.3, 0.4) is 0 Å². The van der Waals surface area contributed by atoms with E-state index in [1.165, 1.54) is 11.0 Å². The second kappa shape index (κ2) is 6.69. The monoisotopic (exact) mass is 286 g/mol. The van der Waals surface area contributed by atoms with Crippen molar-refractivity contribution in [3.05, 3.63) is 46.8 Å². The number of hydrogen-bond acceptors (Lipinski definition) is 3. The van der Waals surface area contributed by atoms with E-state index in [0.29, 0.717) is 12.2 Å². The van der Waals surface area contributed by atoms with Crippen LogP contribution in [0.1, 0.15) is 19.8 Å². The smallest absolute Gasteiger partial charge is 0.321 e. The number of carbonyl (C=O) groups is 1. The number of aromatic amines is 1. The highest BCUT2D eigenvalue weighted by molar-refractivity contribution is 5.88. The lowest BCUT2D eigenvalue weighted by Crippen LogP contribution is -2.38. The van der Waals surface area contributed by atoms with Gasteiger partial charge in [-0.2, -0.15) is 0 Å². The van der Waals surface area contributed by atoms with Crippen molar-refractivity contribution in [1.29, 1.82) is 0 Å². The van der Waals surface area contributed by atoms with Crippen LogP contribution in [0.4, 0.5) is 10.7 Å². The van der Waals surface area contributed by atoms with Gasteiger partial charge >= 0.3 is 6.03 Å². The van der Waals surface area contributed by atoms with E-state index in [4.69, 9.17) is 5.73 Å². The molecule has 0 fully saturated rings. The van der Waals surface area contributed by atoms with E-state index in [0.717, 1.165) is 18.4 Å². The maximum Gasteiger partial charge on any atom is 0.321 e. The van der Waals surface area contributed by atoms with Gasteiger partial charge in [-0.3, -0.25) is 14.7 Å². The van der Waals surface area contributed by atoms with Gasteiger partial charge in [-0.25, -0.2) is 9.78 Å². The average Bonchev–Trinajstić information content (AvgIpc) is 2.48. The molecule has 0 aliphatic rings. The summed E-state index contributed by atoms with van der Waals surface area (Å²) in [7, 11) is 0. The van der Waals surface area contributed by atoms with Crippen LogP contribution in [0.25, 0.3) is 11.3 Å². The zero-order valence-electron chi connectivity index (χ0n) is 11.9. The zero-order valence-corrected chi connectivity index (χ0v) is 11.9. The van der Waals surface area contributed by atoms with Crippen LogP contribution < -0.4 is 16.2 Å². The zero-order chi connectivity index (χ0) is 15.2. The van der Waals surface area contributed by atoms with Crippen molar-refractivity contribution in [3.63, 3.8) is 0 Å². The Morgan fingerprint density at radius 2 is 2.05 bits per heavy atom. The van der Waals surface area contributed by atoms with Crippen LogP contribution in [-0.2, 0) is 0 Å². The fraction of sp³-hybridized carbons (Fsp3) is 0.267. The largest absolute Gasteiger partial charge is 0.351 e. The van der Waals surface area contributed by atoms with E-state index in [-0.39, 0.29) is 11.5 Å². The molecule has 0 aliphatic carbocycles. The molecule has 6 heteroatoms. The van der Waals surface area contributed by atoms with Gasteiger partial charge in [0.05, 0.1) is 5.69 Å². The minimum Gasteiger partial charge on any atom is -0.351 e. The summed E-state index contributed by atoms with van der Waals surface area (Å²) >= 11 is 0. The quantitative estimate of drug-likeness (QED) is 0.881. The summed E-state index contributed by atoms with van der Waals surface area (Å²) in [6, 6.07) is 10.1. The number of benzene rings is 1. The number of hydrogen-bond donors (Lipinski definition) is 2. The molecule has 1 aromatic carbocycles. The summed E-state index contributed by atoms with van der Waals surface area (Å²) in [4.78, 5) is 31.6. The predicted molar refractivity (Wildman–Crippen MR) is 82.1 cm³/mol. The number of anilines is 1. The molecule has 2 amide bonds. The van der Waals surface area contributed by atoms with Gasteiger partial charge in [-0.1, -0.05) is 43.7 Å². The molecular weight excluding hydrogens is 268 g/mol. The highest BCUT2D eigenvalue weighted by atomic mass is 16.2. The SMILES string of the molecule is CCCCN(C(N)=O)c1nc(-c2ccccc2)cc(=O)[nH]1. The first kappa shape index (κ1) is 14.8. The number of nitrogens with zero attached hydrogens (tertiary/aromatic N) is 2. The van der Waals surface area contributed by atoms with E-state index < -0.39 is 6.03 Å². The molecule has 2 aromatic rings. The third-order valence-corrected chi connectivity index (χ3v) is 3.06. The van der Waals surface area contributed by atoms with Crippen molar-refractivity contribution in [2.24, 2.45) is 5.73 Å². The van der Waals surface area contributed by atoms with Gasteiger partial charge < -0.3 is 5.73 Å². The Morgan fingerprint density at radius 3 is 2.67 bits per heavy atom. The molecule has 21 heavy (non-hydrogen) atoms. The first-order chi connectivity index (χ1) is 10.1. The predicted octanol–water partition coefficient (Wildman–Crippen LogP) is 2.12. The van der Waals surface area contributed by atoms with E-state index in [2.05, 4.69) is 9.97 Å². The number of urea groups is 1. The van der Waals surface area contributed by atoms with Crippen molar-refractivity contribution in [2.45, 2.75) is 19.8 Å². The lowest BCUT2D eigenvalue weighted by molar-refractivity contribution is 0.253. The van der Waals surface area contributed by atoms with Gasteiger partial charge in [-0.05, 0) is 6.42 Å². The normalized spacial score (nSPS) is 10.3. The number of unbranched alkanes of at least 4 members (excludes halogenated alkanes) is 1. The second-order valence-corrected chi connectivity index (χ2v) is 4.66. The van der Waals surface area contributed by atoms with Crippen LogP contribution in [0.2, 0.25) is 0 Å². The summed E-state index contributed by atoms with van der Waals surface area (Å²) in [5.74, 6) is 0.183. The van der Waals surface area contributed by atoms with Gasteiger partial charge in [0.2, 0.25) is 5.95 Å². The van der Waals surface area contributed by atoms with E-state index in [1.54, 1.807) is 0 Å². The molecule has 0 atom stereocenters. The highest BCUT2D eigenvalue weighted by Crippen LogP contribution is 2.17. The molecule has 0 bridgehead atoms. The lowest BCUT2D eigenvalue weighted by Gasteiger charge is -2.18. The van der Waals surface area contributed by atoms with Crippen LogP contribution >= 0.6 is 0 Å². The first-order valence-electron chi connectivity index (χ1n) is 6.85. The third kappa shape index (κ3) is 3.68. The molecule has 0 saturated carbocycles. The van der Waals surface area contributed by atoms with Crippen molar-refractivity contribution in [1.82, 2.24) is 9.97 Å². The number of carbonyl (C=O) groups excluding carboxylic acids is 1. The minimum atomic E-state index is -0.628. The maximum absolute atomic E-state index is 11.8. The number of H-pyrrole nitrogens is 1. The van der Waals surface area contributed by atoms with E-state index in [9.17, 15) is 9.59 Å². The van der Waals surface area contributed by atoms with Crippen molar-refractivity contribution < 1.29 is 4.79 Å². The Balaban J connectivity index is 2.42. The lowest BCUT2D eigenvalue weighted by atomic mass is 10.1. The number of nitrogens with two attached hydrogens (primary N) is 1.